The zero-order valence-corrected chi connectivity index (χ0v) is 17.0. The van der Waals surface area contributed by atoms with Crippen molar-refractivity contribution in [2.24, 2.45) is 7.05 Å². The highest BCUT2D eigenvalue weighted by molar-refractivity contribution is 6.30. The van der Waals surface area contributed by atoms with Gasteiger partial charge >= 0.3 is 6.18 Å². The molecule has 30 heavy (non-hydrogen) atoms. The summed E-state index contributed by atoms with van der Waals surface area (Å²) in [7, 11) is 1.50. The molecule has 3 heterocycles. The Bertz CT molecular complexity index is 1320. The van der Waals surface area contributed by atoms with Crippen LogP contribution in [-0.2, 0) is 19.8 Å². The van der Waals surface area contributed by atoms with Gasteiger partial charge in [-0.3, -0.25) is 14.0 Å². The van der Waals surface area contributed by atoms with Crippen molar-refractivity contribution in [1.29, 1.82) is 0 Å². The number of hydrogen-bond acceptors (Lipinski definition) is 4. The highest BCUT2D eigenvalue weighted by atomic mass is 35.5. The second-order valence-electron chi connectivity index (χ2n) is 6.92. The Balaban J connectivity index is 1.85. The Labute approximate surface area is 173 Å². The Kier molecular flexibility index (Phi) is 4.73. The molecule has 0 aliphatic heterocycles. The first-order valence-corrected chi connectivity index (χ1v) is 9.30. The van der Waals surface area contributed by atoms with Crippen LogP contribution < -0.4 is 5.56 Å². The van der Waals surface area contributed by atoms with E-state index in [1.54, 1.807) is 31.2 Å². The van der Waals surface area contributed by atoms with E-state index in [2.05, 4.69) is 10.1 Å². The summed E-state index contributed by atoms with van der Waals surface area (Å²) in [4.78, 5) is 17.1. The van der Waals surface area contributed by atoms with Crippen molar-refractivity contribution in [2.45, 2.75) is 26.6 Å². The van der Waals surface area contributed by atoms with E-state index < -0.39 is 17.3 Å². The zero-order chi connectivity index (χ0) is 21.8. The van der Waals surface area contributed by atoms with Crippen LogP contribution in [-0.4, -0.2) is 19.3 Å². The number of halogens is 4. The van der Waals surface area contributed by atoms with Gasteiger partial charge in [0.2, 0.25) is 5.89 Å². The quantitative estimate of drug-likeness (QED) is 0.466. The van der Waals surface area contributed by atoms with Crippen molar-refractivity contribution in [2.75, 3.05) is 0 Å². The lowest BCUT2D eigenvalue weighted by Gasteiger charge is -2.13. The molecule has 0 radical (unpaired) electrons. The molecule has 0 atom stereocenters. The number of aromatic nitrogens is 4. The van der Waals surface area contributed by atoms with Crippen LogP contribution in [0.4, 0.5) is 13.2 Å². The average molecular weight is 437 g/mol. The van der Waals surface area contributed by atoms with Gasteiger partial charge in [0.05, 0.1) is 23.2 Å². The van der Waals surface area contributed by atoms with Gasteiger partial charge in [-0.05, 0) is 38.1 Å². The Morgan fingerprint density at radius 2 is 1.83 bits per heavy atom. The topological polar surface area (TPSA) is 65.8 Å². The van der Waals surface area contributed by atoms with Gasteiger partial charge in [0.25, 0.3) is 5.56 Å². The Morgan fingerprint density at radius 1 is 1.17 bits per heavy atom. The Hall–Kier alpha value is -3.07. The van der Waals surface area contributed by atoms with Gasteiger partial charge in [-0.15, -0.1) is 0 Å². The molecular formula is C20H16ClF3N4O2. The fraction of sp³-hybridized carbons (Fsp3) is 0.250. The van der Waals surface area contributed by atoms with Crippen LogP contribution in [0.1, 0.15) is 22.7 Å². The molecule has 0 N–H and O–H groups in total. The summed E-state index contributed by atoms with van der Waals surface area (Å²) >= 11 is 5.90. The van der Waals surface area contributed by atoms with E-state index in [1.807, 2.05) is 0 Å². The molecule has 0 amide bonds. The summed E-state index contributed by atoms with van der Waals surface area (Å²) in [5, 5.41) is 4.55. The third kappa shape index (κ3) is 3.39. The van der Waals surface area contributed by atoms with Crippen LogP contribution in [0.25, 0.3) is 22.5 Å². The van der Waals surface area contributed by atoms with Crippen molar-refractivity contribution in [3.05, 3.63) is 68.4 Å². The van der Waals surface area contributed by atoms with Crippen molar-refractivity contribution in [1.82, 2.24) is 19.3 Å². The molecule has 0 aliphatic carbocycles. The average Bonchev–Trinajstić information content (AvgIpc) is 3.16. The second kappa shape index (κ2) is 7.02. The fourth-order valence-electron chi connectivity index (χ4n) is 3.47. The van der Waals surface area contributed by atoms with Crippen molar-refractivity contribution >= 4 is 22.6 Å². The maximum atomic E-state index is 13.5. The number of alkyl halides is 3. The third-order valence-corrected chi connectivity index (χ3v) is 5.10. The molecule has 0 bridgehead atoms. The van der Waals surface area contributed by atoms with Gasteiger partial charge < -0.3 is 4.42 Å². The summed E-state index contributed by atoms with van der Waals surface area (Å²) in [5.74, 6) is 0.787. The zero-order valence-electron chi connectivity index (χ0n) is 16.2. The van der Waals surface area contributed by atoms with Crippen LogP contribution in [0, 0.1) is 13.8 Å². The number of oxazole rings is 1. The normalized spacial score (nSPS) is 12.1. The minimum atomic E-state index is -4.67. The molecule has 3 aromatic heterocycles. The van der Waals surface area contributed by atoms with Crippen LogP contribution in [0.3, 0.4) is 0 Å². The van der Waals surface area contributed by atoms with Gasteiger partial charge in [-0.25, -0.2) is 4.98 Å². The minimum Gasteiger partial charge on any atom is -0.441 e. The lowest BCUT2D eigenvalue weighted by atomic mass is 10.1. The predicted molar refractivity (Wildman–Crippen MR) is 106 cm³/mol. The number of fused-ring (bicyclic) bond motifs is 1. The predicted octanol–water partition coefficient (Wildman–Crippen LogP) is 4.73. The third-order valence-electron chi connectivity index (χ3n) is 4.85. The van der Waals surface area contributed by atoms with E-state index in [9.17, 15) is 18.0 Å². The summed E-state index contributed by atoms with van der Waals surface area (Å²) in [5.41, 5.74) is -0.414. The summed E-state index contributed by atoms with van der Waals surface area (Å²) in [6.07, 6.45) is -4.67. The van der Waals surface area contributed by atoms with Gasteiger partial charge in [0.1, 0.15) is 17.1 Å². The maximum absolute atomic E-state index is 13.5. The number of benzene rings is 1. The summed E-state index contributed by atoms with van der Waals surface area (Å²) in [6, 6.07) is 7.47. The minimum absolute atomic E-state index is 0.0602. The second-order valence-corrected chi connectivity index (χ2v) is 7.35. The molecule has 0 saturated heterocycles. The van der Waals surface area contributed by atoms with Gasteiger partial charge in [-0.1, -0.05) is 11.6 Å². The number of hydrogen-bond donors (Lipinski definition) is 0. The first kappa shape index (κ1) is 20.2. The molecule has 0 unspecified atom stereocenters. The van der Waals surface area contributed by atoms with Crippen LogP contribution in [0.2, 0.25) is 5.02 Å². The van der Waals surface area contributed by atoms with Crippen molar-refractivity contribution < 1.29 is 17.6 Å². The van der Waals surface area contributed by atoms with Crippen LogP contribution in [0.15, 0.2) is 39.5 Å². The van der Waals surface area contributed by atoms with Crippen molar-refractivity contribution in [3.8, 4) is 11.5 Å². The van der Waals surface area contributed by atoms with Crippen LogP contribution >= 0.6 is 11.6 Å². The monoisotopic (exact) mass is 436 g/mol. The number of rotatable bonds is 3. The molecule has 10 heteroatoms. The number of pyridine rings is 1. The molecule has 0 spiro atoms. The smallest absolute Gasteiger partial charge is 0.417 e. The lowest BCUT2D eigenvalue weighted by Crippen LogP contribution is -2.25. The molecule has 4 aromatic rings. The van der Waals surface area contributed by atoms with Gasteiger partial charge in [0, 0.05) is 23.7 Å². The molecular weight excluding hydrogens is 421 g/mol. The van der Waals surface area contributed by atoms with E-state index in [0.29, 0.717) is 34.0 Å². The SMILES string of the molecule is Cc1oc(-c2ccc(Cl)cc2)nc1Cn1c(=O)cc(C(F)(F)F)c2c(C)nn(C)c21. The van der Waals surface area contributed by atoms with Gasteiger partial charge in [0.15, 0.2) is 0 Å². The lowest BCUT2D eigenvalue weighted by molar-refractivity contribution is -0.136. The molecule has 6 nitrogen and oxygen atoms in total. The summed E-state index contributed by atoms with van der Waals surface area (Å²) in [6.45, 7) is 3.10. The van der Waals surface area contributed by atoms with E-state index in [0.717, 1.165) is 0 Å². The first-order chi connectivity index (χ1) is 14.1. The van der Waals surface area contributed by atoms with E-state index in [-0.39, 0.29) is 23.3 Å². The highest BCUT2D eigenvalue weighted by Crippen LogP contribution is 2.35. The standard InChI is InChI=1S/C20H16ClF3N4O2/c1-10-17-14(20(22,23)24)8-16(29)28(19(17)27(3)26-10)9-15-11(2)30-18(25-15)12-4-6-13(21)7-5-12/h4-8H,9H2,1-3H3. The molecule has 0 aliphatic rings. The molecule has 1 aromatic carbocycles. The van der Waals surface area contributed by atoms with E-state index in [1.165, 1.54) is 23.2 Å². The fourth-order valence-corrected chi connectivity index (χ4v) is 3.59. The van der Waals surface area contributed by atoms with Gasteiger partial charge in [-0.2, -0.15) is 18.3 Å². The molecule has 4 rings (SSSR count). The van der Waals surface area contributed by atoms with E-state index in [4.69, 9.17) is 16.0 Å². The number of nitrogens with zero attached hydrogens (tertiary/aromatic N) is 4. The molecule has 156 valence electrons. The van der Waals surface area contributed by atoms with Crippen molar-refractivity contribution in [3.63, 3.8) is 0 Å². The summed E-state index contributed by atoms with van der Waals surface area (Å²) < 4.78 is 48.7. The Morgan fingerprint density at radius 3 is 2.47 bits per heavy atom. The van der Waals surface area contributed by atoms with Crippen LogP contribution in [0.5, 0.6) is 0 Å². The number of aryl methyl sites for hydroxylation is 3. The van der Waals surface area contributed by atoms with E-state index >= 15 is 0 Å². The maximum Gasteiger partial charge on any atom is 0.417 e. The largest absolute Gasteiger partial charge is 0.441 e. The molecule has 0 fully saturated rings. The molecule has 0 saturated carbocycles. The first-order valence-electron chi connectivity index (χ1n) is 8.93. The highest BCUT2D eigenvalue weighted by Gasteiger charge is 2.36.